The fraction of sp³-hybridized carbons (Fsp3) is 0.500. The zero-order valence-corrected chi connectivity index (χ0v) is 16.8. The number of aromatic nitrogens is 3. The van der Waals surface area contributed by atoms with Crippen molar-refractivity contribution >= 4 is 17.9 Å². The largest absolute Gasteiger partial charge is 0.444 e. The number of hydrogen-bond acceptors (Lipinski definition) is 5. The average molecular weight is 385 g/mol. The Kier molecular flexibility index (Phi) is 5.67. The Morgan fingerprint density at radius 2 is 1.96 bits per heavy atom. The van der Waals surface area contributed by atoms with Gasteiger partial charge >= 0.3 is 6.09 Å². The summed E-state index contributed by atoms with van der Waals surface area (Å²) >= 11 is 0. The highest BCUT2D eigenvalue weighted by atomic mass is 16.6. The molecule has 28 heavy (non-hydrogen) atoms. The number of benzene rings is 1. The maximum atomic E-state index is 12.8. The second kappa shape index (κ2) is 8.00. The zero-order valence-electron chi connectivity index (χ0n) is 16.8. The Bertz CT molecular complexity index is 841. The fourth-order valence-corrected chi connectivity index (χ4v) is 3.17. The minimum Gasteiger partial charge on any atom is -0.444 e. The third kappa shape index (κ3) is 4.49. The van der Waals surface area contributed by atoms with E-state index >= 15 is 0 Å². The van der Waals surface area contributed by atoms with Gasteiger partial charge in [-0.15, -0.1) is 5.10 Å². The molecule has 1 atom stereocenters. The van der Waals surface area contributed by atoms with Gasteiger partial charge in [-0.05, 0) is 45.7 Å². The van der Waals surface area contributed by atoms with Gasteiger partial charge in [0.05, 0.1) is 5.69 Å². The summed E-state index contributed by atoms with van der Waals surface area (Å²) in [6.45, 7) is 7.91. The van der Waals surface area contributed by atoms with E-state index in [1.165, 1.54) is 4.90 Å². The molecule has 0 spiro atoms. The highest BCUT2D eigenvalue weighted by molar-refractivity contribution is 5.95. The highest BCUT2D eigenvalue weighted by Crippen LogP contribution is 2.22. The number of aryl methyl sites for hydroxylation is 1. The van der Waals surface area contributed by atoms with Crippen LogP contribution in [0.2, 0.25) is 0 Å². The Hall–Kier alpha value is -2.90. The number of para-hydroxylation sites is 1. The second-order valence-electron chi connectivity index (χ2n) is 7.77. The van der Waals surface area contributed by atoms with Gasteiger partial charge in [0.1, 0.15) is 17.5 Å². The van der Waals surface area contributed by atoms with Crippen molar-refractivity contribution in [1.82, 2.24) is 19.7 Å². The van der Waals surface area contributed by atoms with E-state index in [0.29, 0.717) is 19.4 Å². The molecule has 1 fully saturated rings. The number of amides is 2. The fourth-order valence-electron chi connectivity index (χ4n) is 3.17. The van der Waals surface area contributed by atoms with Gasteiger partial charge in [-0.1, -0.05) is 25.1 Å². The van der Waals surface area contributed by atoms with Crippen LogP contribution in [0, 0.1) is 0 Å². The average Bonchev–Trinajstić information content (AvgIpc) is 3.28. The molecule has 1 aromatic heterocycles. The van der Waals surface area contributed by atoms with Gasteiger partial charge in [0.2, 0.25) is 11.9 Å². The summed E-state index contributed by atoms with van der Waals surface area (Å²) in [6.07, 6.45) is 1.54. The van der Waals surface area contributed by atoms with Gasteiger partial charge in [0.25, 0.3) is 0 Å². The number of hydrogen-bond donors (Lipinski definition) is 1. The van der Waals surface area contributed by atoms with Crippen molar-refractivity contribution in [3.8, 4) is 5.69 Å². The van der Waals surface area contributed by atoms with Crippen LogP contribution in [0.25, 0.3) is 5.69 Å². The minimum absolute atomic E-state index is 0.238. The molecule has 2 amide bonds. The Labute approximate surface area is 164 Å². The predicted octanol–water partition coefficient (Wildman–Crippen LogP) is 3.17. The minimum atomic E-state index is -0.604. The first kappa shape index (κ1) is 19.9. The van der Waals surface area contributed by atoms with E-state index in [2.05, 4.69) is 15.4 Å². The molecule has 0 bridgehead atoms. The van der Waals surface area contributed by atoms with Crippen LogP contribution in [0.15, 0.2) is 30.3 Å². The number of ether oxygens (including phenoxy) is 1. The summed E-state index contributed by atoms with van der Waals surface area (Å²) in [5.41, 5.74) is 0.274. The van der Waals surface area contributed by atoms with Crippen molar-refractivity contribution in [3.05, 3.63) is 36.2 Å². The molecule has 2 heterocycles. The van der Waals surface area contributed by atoms with E-state index in [1.807, 2.05) is 58.0 Å². The van der Waals surface area contributed by atoms with Crippen LogP contribution in [-0.4, -0.2) is 49.9 Å². The standard InChI is InChI=1S/C20H27N5O3/c1-5-16-21-18(23-25(16)14-10-7-6-8-11-14)22-17(26)15-12-9-13-24(15)19(27)28-20(2,3)4/h6-8,10-11,15H,5,9,12-13H2,1-4H3,(H,22,23,26). The second-order valence-corrected chi connectivity index (χ2v) is 7.77. The number of nitrogens with zero attached hydrogens (tertiary/aromatic N) is 4. The van der Waals surface area contributed by atoms with Gasteiger partial charge in [-0.25, -0.2) is 9.48 Å². The summed E-state index contributed by atoms with van der Waals surface area (Å²) in [5, 5.41) is 7.20. The van der Waals surface area contributed by atoms with Crippen molar-refractivity contribution in [2.24, 2.45) is 0 Å². The highest BCUT2D eigenvalue weighted by Gasteiger charge is 2.37. The maximum Gasteiger partial charge on any atom is 0.410 e. The van der Waals surface area contributed by atoms with Crippen LogP contribution in [0.5, 0.6) is 0 Å². The molecule has 1 aliphatic heterocycles. The molecular weight excluding hydrogens is 358 g/mol. The van der Waals surface area contributed by atoms with E-state index in [0.717, 1.165) is 17.9 Å². The van der Waals surface area contributed by atoms with Crippen LogP contribution in [0.4, 0.5) is 10.7 Å². The Morgan fingerprint density at radius 3 is 2.61 bits per heavy atom. The number of nitrogens with one attached hydrogen (secondary N) is 1. The van der Waals surface area contributed by atoms with Crippen molar-refractivity contribution in [1.29, 1.82) is 0 Å². The lowest BCUT2D eigenvalue weighted by Gasteiger charge is -2.27. The van der Waals surface area contributed by atoms with Crippen LogP contribution >= 0.6 is 0 Å². The van der Waals surface area contributed by atoms with Gasteiger partial charge in [0.15, 0.2) is 0 Å². The van der Waals surface area contributed by atoms with Gasteiger partial charge in [-0.3, -0.25) is 15.0 Å². The molecule has 1 unspecified atom stereocenters. The molecule has 0 aliphatic carbocycles. The van der Waals surface area contributed by atoms with E-state index in [-0.39, 0.29) is 11.9 Å². The number of carbonyl (C=O) groups excluding carboxylic acids is 2. The van der Waals surface area contributed by atoms with Crippen LogP contribution < -0.4 is 5.32 Å². The maximum absolute atomic E-state index is 12.8. The van der Waals surface area contributed by atoms with Crippen LogP contribution in [-0.2, 0) is 16.0 Å². The lowest BCUT2D eigenvalue weighted by Crippen LogP contribution is -2.45. The number of rotatable bonds is 4. The molecule has 0 radical (unpaired) electrons. The number of likely N-dealkylation sites (tertiary alicyclic amines) is 1. The first-order valence-electron chi connectivity index (χ1n) is 9.60. The summed E-state index contributed by atoms with van der Waals surface area (Å²) in [7, 11) is 0. The monoisotopic (exact) mass is 385 g/mol. The van der Waals surface area contributed by atoms with Gasteiger partial charge in [-0.2, -0.15) is 4.98 Å². The molecule has 8 nitrogen and oxygen atoms in total. The summed E-state index contributed by atoms with van der Waals surface area (Å²) in [6, 6.07) is 9.06. The van der Waals surface area contributed by atoms with Gasteiger partial charge < -0.3 is 4.74 Å². The molecular formula is C20H27N5O3. The van der Waals surface area contributed by atoms with E-state index in [1.54, 1.807) is 4.68 Å². The van der Waals surface area contributed by atoms with Crippen molar-refractivity contribution < 1.29 is 14.3 Å². The van der Waals surface area contributed by atoms with E-state index in [9.17, 15) is 9.59 Å². The first-order chi connectivity index (χ1) is 13.3. The third-order valence-electron chi connectivity index (χ3n) is 4.41. The summed E-state index contributed by atoms with van der Waals surface area (Å²) in [4.78, 5) is 31.1. The van der Waals surface area contributed by atoms with Gasteiger partial charge in [0, 0.05) is 13.0 Å². The lowest BCUT2D eigenvalue weighted by atomic mass is 10.2. The van der Waals surface area contributed by atoms with Crippen LogP contribution in [0.1, 0.15) is 46.4 Å². The molecule has 0 saturated carbocycles. The summed E-state index contributed by atoms with van der Waals surface area (Å²) in [5.74, 6) is 0.690. The smallest absolute Gasteiger partial charge is 0.410 e. The number of carbonyl (C=O) groups is 2. The van der Waals surface area contributed by atoms with E-state index < -0.39 is 17.7 Å². The Balaban J connectivity index is 1.74. The van der Waals surface area contributed by atoms with E-state index in [4.69, 9.17) is 4.74 Å². The molecule has 1 N–H and O–H groups in total. The first-order valence-corrected chi connectivity index (χ1v) is 9.60. The summed E-state index contributed by atoms with van der Waals surface area (Å²) < 4.78 is 7.14. The quantitative estimate of drug-likeness (QED) is 0.873. The molecule has 2 aromatic rings. The predicted molar refractivity (Wildman–Crippen MR) is 105 cm³/mol. The number of anilines is 1. The molecule has 1 aliphatic rings. The van der Waals surface area contributed by atoms with Crippen molar-refractivity contribution in [2.75, 3.05) is 11.9 Å². The zero-order chi connectivity index (χ0) is 20.3. The molecule has 150 valence electrons. The normalized spacial score (nSPS) is 16.9. The molecule has 8 heteroatoms. The third-order valence-corrected chi connectivity index (χ3v) is 4.41. The molecule has 3 rings (SSSR count). The molecule has 1 saturated heterocycles. The lowest BCUT2D eigenvalue weighted by molar-refractivity contribution is -0.120. The Morgan fingerprint density at radius 1 is 1.25 bits per heavy atom. The van der Waals surface area contributed by atoms with Crippen LogP contribution in [0.3, 0.4) is 0 Å². The molecule has 1 aromatic carbocycles. The van der Waals surface area contributed by atoms with Crippen molar-refractivity contribution in [2.45, 2.75) is 58.6 Å². The SMILES string of the molecule is CCc1nc(NC(=O)C2CCCN2C(=O)OC(C)(C)C)nn1-c1ccccc1. The van der Waals surface area contributed by atoms with Crippen molar-refractivity contribution in [3.63, 3.8) is 0 Å². The topological polar surface area (TPSA) is 89.3 Å².